The van der Waals surface area contributed by atoms with Crippen molar-refractivity contribution in [1.82, 2.24) is 40.6 Å². The number of aromatic nitrogens is 4. The molecule has 0 saturated carbocycles. The first-order valence-electron chi connectivity index (χ1n) is 16.7. The van der Waals surface area contributed by atoms with Crippen LogP contribution in [-0.2, 0) is 23.1 Å². The first kappa shape index (κ1) is 34.4. The SMILES string of the molecule is CN(C)C(=O)c1ccc2c(c1)CCc1cc(C(=O)N(C)C)ccc1C2(C[C@@H](NCC(=O)N1CCCC1C#N)c1ccc(F)cc1)c1nnn[nH]1. The Morgan fingerprint density at radius 2 is 1.58 bits per heavy atom. The molecule has 13 heteroatoms. The van der Waals surface area contributed by atoms with Gasteiger partial charge in [-0.15, -0.1) is 5.10 Å². The highest BCUT2D eigenvalue weighted by Gasteiger charge is 2.46. The van der Waals surface area contributed by atoms with Gasteiger partial charge in [0.25, 0.3) is 11.8 Å². The number of rotatable bonds is 9. The molecule has 2 atom stereocenters. The maximum atomic E-state index is 14.3. The van der Waals surface area contributed by atoms with Gasteiger partial charge in [0.1, 0.15) is 11.9 Å². The minimum atomic E-state index is -1.08. The van der Waals surface area contributed by atoms with Crippen LogP contribution in [0.1, 0.15) is 79.7 Å². The highest BCUT2D eigenvalue weighted by atomic mass is 19.1. The molecule has 258 valence electrons. The molecular formula is C37H40FN9O3. The number of tetrazole rings is 1. The number of H-pyrrole nitrogens is 1. The second-order valence-corrected chi connectivity index (χ2v) is 13.4. The summed E-state index contributed by atoms with van der Waals surface area (Å²) in [4.78, 5) is 44.5. The zero-order valence-corrected chi connectivity index (χ0v) is 28.6. The van der Waals surface area contributed by atoms with Crippen LogP contribution in [0, 0.1) is 17.1 Å². The normalized spacial score (nSPS) is 16.8. The third-order valence-electron chi connectivity index (χ3n) is 9.85. The molecule has 1 fully saturated rings. The minimum Gasteiger partial charge on any atom is -0.345 e. The number of hydrogen-bond donors (Lipinski definition) is 2. The van der Waals surface area contributed by atoms with Gasteiger partial charge in [-0.3, -0.25) is 14.4 Å². The molecule has 0 bridgehead atoms. The molecule has 1 aromatic heterocycles. The van der Waals surface area contributed by atoms with Crippen LogP contribution in [0.25, 0.3) is 0 Å². The van der Waals surface area contributed by atoms with Crippen molar-refractivity contribution in [3.63, 3.8) is 0 Å². The largest absolute Gasteiger partial charge is 0.345 e. The maximum Gasteiger partial charge on any atom is 0.253 e. The van der Waals surface area contributed by atoms with Crippen molar-refractivity contribution >= 4 is 17.7 Å². The number of carbonyl (C=O) groups excluding carboxylic acids is 3. The molecule has 1 aliphatic heterocycles. The number of nitriles is 1. The number of halogens is 1. The van der Waals surface area contributed by atoms with Crippen molar-refractivity contribution in [3.8, 4) is 6.07 Å². The van der Waals surface area contributed by atoms with Crippen LogP contribution in [0.5, 0.6) is 0 Å². The molecule has 4 aromatic rings. The fourth-order valence-corrected chi connectivity index (χ4v) is 7.36. The average molecular weight is 678 g/mol. The Hall–Kier alpha value is -5.48. The van der Waals surface area contributed by atoms with Crippen LogP contribution in [-0.4, -0.2) is 100 Å². The van der Waals surface area contributed by atoms with E-state index >= 15 is 0 Å². The van der Waals surface area contributed by atoms with E-state index in [1.165, 1.54) is 21.9 Å². The van der Waals surface area contributed by atoms with E-state index in [0.717, 1.165) is 34.2 Å². The van der Waals surface area contributed by atoms with Gasteiger partial charge in [-0.1, -0.05) is 24.3 Å². The maximum absolute atomic E-state index is 14.3. The van der Waals surface area contributed by atoms with Crippen molar-refractivity contribution in [2.75, 3.05) is 41.3 Å². The summed E-state index contributed by atoms with van der Waals surface area (Å²) >= 11 is 0. The molecule has 50 heavy (non-hydrogen) atoms. The zero-order valence-electron chi connectivity index (χ0n) is 28.6. The number of nitrogens with one attached hydrogen (secondary N) is 2. The number of hydrogen-bond acceptors (Lipinski definition) is 8. The monoisotopic (exact) mass is 677 g/mol. The predicted octanol–water partition coefficient (Wildman–Crippen LogP) is 3.41. The smallest absolute Gasteiger partial charge is 0.253 e. The molecular weight excluding hydrogens is 637 g/mol. The van der Waals surface area contributed by atoms with Crippen LogP contribution >= 0.6 is 0 Å². The summed E-state index contributed by atoms with van der Waals surface area (Å²) < 4.78 is 14.3. The van der Waals surface area contributed by atoms with Crippen LogP contribution in [0.4, 0.5) is 4.39 Å². The van der Waals surface area contributed by atoms with Gasteiger partial charge >= 0.3 is 0 Å². The van der Waals surface area contributed by atoms with Crippen molar-refractivity contribution < 1.29 is 18.8 Å². The highest BCUT2D eigenvalue weighted by Crippen LogP contribution is 2.49. The second-order valence-electron chi connectivity index (χ2n) is 13.4. The Morgan fingerprint density at radius 3 is 2.10 bits per heavy atom. The summed E-state index contributed by atoms with van der Waals surface area (Å²) in [5, 5.41) is 28.6. The lowest BCUT2D eigenvalue weighted by Crippen LogP contribution is -2.43. The van der Waals surface area contributed by atoms with E-state index in [4.69, 9.17) is 0 Å². The molecule has 6 rings (SSSR count). The number of aryl methyl sites for hydroxylation is 2. The Kier molecular flexibility index (Phi) is 9.74. The molecule has 1 aliphatic carbocycles. The van der Waals surface area contributed by atoms with Gasteiger partial charge in [-0.2, -0.15) is 5.26 Å². The van der Waals surface area contributed by atoms with E-state index in [1.54, 1.807) is 57.4 Å². The fourth-order valence-electron chi connectivity index (χ4n) is 7.36. The summed E-state index contributed by atoms with van der Waals surface area (Å²) in [5.74, 6) is -0.431. The lowest BCUT2D eigenvalue weighted by Gasteiger charge is -2.38. The number of aromatic amines is 1. The third kappa shape index (κ3) is 6.46. The third-order valence-corrected chi connectivity index (χ3v) is 9.85. The summed E-state index contributed by atoms with van der Waals surface area (Å²) in [7, 11) is 6.83. The first-order valence-corrected chi connectivity index (χ1v) is 16.7. The van der Waals surface area contributed by atoms with E-state index in [1.807, 2.05) is 24.3 Å². The summed E-state index contributed by atoms with van der Waals surface area (Å²) in [6.07, 6.45) is 2.80. The minimum absolute atomic E-state index is 0.0583. The molecule has 1 saturated heterocycles. The molecule has 1 unspecified atom stereocenters. The molecule has 2 N–H and O–H groups in total. The van der Waals surface area contributed by atoms with Crippen molar-refractivity contribution in [3.05, 3.63) is 111 Å². The number of carbonyl (C=O) groups is 3. The lowest BCUT2D eigenvalue weighted by atomic mass is 9.67. The van der Waals surface area contributed by atoms with Gasteiger partial charge in [0, 0.05) is 51.9 Å². The molecule has 0 radical (unpaired) electrons. The fraction of sp³-hybridized carbons (Fsp3) is 0.378. The number of amides is 3. The molecule has 3 amide bonds. The summed E-state index contributed by atoms with van der Waals surface area (Å²) in [5.41, 5.74) is 4.26. The standard InChI is InChI=1S/C37H40FN9O3/c1-45(2)34(49)26-11-15-30-24(18-26)7-8-25-19-27(35(50)46(3)4)12-16-31(25)37(30,36-41-43-44-42-36)20-32(23-9-13-28(38)14-10-23)40-22-33(48)47-17-5-6-29(47)21-39/h9-16,18-19,29,32,40H,5-8,17,20,22H2,1-4H3,(H,41,42,43,44)/t29?,32-/m1/s1. The van der Waals surface area contributed by atoms with Gasteiger partial charge in [-0.25, -0.2) is 9.49 Å². The van der Waals surface area contributed by atoms with Crippen molar-refractivity contribution in [2.24, 2.45) is 0 Å². The van der Waals surface area contributed by atoms with Gasteiger partial charge in [0.05, 0.1) is 18.0 Å². The molecule has 3 aromatic carbocycles. The van der Waals surface area contributed by atoms with Crippen molar-refractivity contribution in [1.29, 1.82) is 5.26 Å². The van der Waals surface area contributed by atoms with Gasteiger partial charge in [0.2, 0.25) is 5.91 Å². The average Bonchev–Trinajstić information content (AvgIpc) is 3.82. The van der Waals surface area contributed by atoms with Crippen LogP contribution in [0.15, 0.2) is 60.7 Å². The lowest BCUT2D eigenvalue weighted by molar-refractivity contribution is -0.130. The van der Waals surface area contributed by atoms with Gasteiger partial charge in [-0.05, 0) is 107 Å². The number of likely N-dealkylation sites (tertiary alicyclic amines) is 1. The second kappa shape index (κ2) is 14.2. The number of fused-ring (bicyclic) bond motifs is 2. The van der Waals surface area contributed by atoms with Gasteiger partial charge < -0.3 is 20.0 Å². The predicted molar refractivity (Wildman–Crippen MR) is 182 cm³/mol. The van der Waals surface area contributed by atoms with Crippen LogP contribution in [0.3, 0.4) is 0 Å². The summed E-state index contributed by atoms with van der Waals surface area (Å²) in [6.45, 7) is 0.452. The molecule has 2 aliphatic rings. The molecule has 12 nitrogen and oxygen atoms in total. The number of nitrogens with zero attached hydrogens (tertiary/aromatic N) is 7. The Balaban J connectivity index is 1.54. The molecule has 2 heterocycles. The van der Waals surface area contributed by atoms with E-state index in [0.29, 0.717) is 42.8 Å². The Morgan fingerprint density at radius 1 is 0.980 bits per heavy atom. The van der Waals surface area contributed by atoms with Gasteiger partial charge in [0.15, 0.2) is 5.82 Å². The van der Waals surface area contributed by atoms with E-state index in [9.17, 15) is 24.0 Å². The number of benzene rings is 3. The topological polar surface area (TPSA) is 151 Å². The highest BCUT2D eigenvalue weighted by molar-refractivity contribution is 5.95. The van der Waals surface area contributed by atoms with E-state index in [-0.39, 0.29) is 30.7 Å². The van der Waals surface area contributed by atoms with Crippen LogP contribution in [0.2, 0.25) is 0 Å². The van der Waals surface area contributed by atoms with E-state index < -0.39 is 23.3 Å². The molecule has 0 spiro atoms. The van der Waals surface area contributed by atoms with E-state index in [2.05, 4.69) is 32.0 Å². The quantitative estimate of drug-likeness (QED) is 0.274. The Labute approximate surface area is 290 Å². The first-order chi connectivity index (χ1) is 24.0. The summed E-state index contributed by atoms with van der Waals surface area (Å²) in [6, 6.07) is 18.7. The van der Waals surface area contributed by atoms with Crippen molar-refractivity contribution in [2.45, 2.75) is 49.6 Å². The zero-order chi connectivity index (χ0) is 35.6. The van der Waals surface area contributed by atoms with Crippen LogP contribution < -0.4 is 5.32 Å². The Bertz CT molecular complexity index is 1860.